The zero-order valence-electron chi connectivity index (χ0n) is 19.0. The monoisotopic (exact) mass is 405 g/mol. The summed E-state index contributed by atoms with van der Waals surface area (Å²) in [5.74, 6) is 0.645. The molecule has 0 amide bonds. The molecule has 0 spiro atoms. The second-order valence-electron chi connectivity index (χ2n) is 10.8. The molecule has 0 aromatic heterocycles. The molecule has 5 nitrogen and oxygen atoms in total. The summed E-state index contributed by atoms with van der Waals surface area (Å²) < 4.78 is 5.34. The van der Waals surface area contributed by atoms with Crippen molar-refractivity contribution in [3.8, 4) is 0 Å². The van der Waals surface area contributed by atoms with E-state index in [-0.39, 0.29) is 40.7 Å². The van der Waals surface area contributed by atoms with Crippen LogP contribution >= 0.6 is 0 Å². The van der Waals surface area contributed by atoms with Crippen LogP contribution in [0.15, 0.2) is 11.6 Å². The lowest BCUT2D eigenvalue weighted by molar-refractivity contribution is -0.172. The maximum atomic E-state index is 13.3. The van der Waals surface area contributed by atoms with Crippen LogP contribution in [0.2, 0.25) is 0 Å². The third-order valence-electron chi connectivity index (χ3n) is 8.52. The van der Waals surface area contributed by atoms with Gasteiger partial charge in [0.05, 0.1) is 6.10 Å². The molecule has 0 aromatic carbocycles. The number of esters is 1. The fourth-order valence-electron chi connectivity index (χ4n) is 6.63. The summed E-state index contributed by atoms with van der Waals surface area (Å²) >= 11 is 0. The van der Waals surface area contributed by atoms with E-state index in [0.29, 0.717) is 31.3 Å². The number of carbonyl (C=O) groups is 2. The lowest BCUT2D eigenvalue weighted by Gasteiger charge is -2.62. The number of rotatable bonds is 4. The Hall–Kier alpha value is -1.20. The summed E-state index contributed by atoms with van der Waals surface area (Å²) in [6.45, 7) is 9.82. The number of ether oxygens (including phenoxy) is 1. The SMILES string of the molecule is CC1/C(=C/C(=O)OCCN(C)C)CCC2C1C(=O)CC1C(C)(C)C(O)CCC21C. The van der Waals surface area contributed by atoms with E-state index in [1.165, 1.54) is 0 Å². The highest BCUT2D eigenvalue weighted by atomic mass is 16.5. The number of Topliss-reactive ketones (excluding diaryl/α,β-unsaturated/α-hetero) is 1. The van der Waals surface area contributed by atoms with E-state index >= 15 is 0 Å². The van der Waals surface area contributed by atoms with Crippen LogP contribution in [0.1, 0.15) is 59.8 Å². The van der Waals surface area contributed by atoms with E-state index in [1.807, 2.05) is 19.0 Å². The van der Waals surface area contributed by atoms with Gasteiger partial charge >= 0.3 is 5.97 Å². The summed E-state index contributed by atoms with van der Waals surface area (Å²) in [4.78, 5) is 27.5. The molecule has 3 saturated carbocycles. The van der Waals surface area contributed by atoms with Crippen LogP contribution in [0, 0.1) is 34.5 Å². The van der Waals surface area contributed by atoms with Gasteiger partial charge in [-0.2, -0.15) is 0 Å². The maximum absolute atomic E-state index is 13.3. The van der Waals surface area contributed by atoms with Crippen molar-refractivity contribution in [1.29, 1.82) is 0 Å². The average Bonchev–Trinajstić information content (AvgIpc) is 2.63. The molecular weight excluding hydrogens is 366 g/mol. The second-order valence-corrected chi connectivity index (χ2v) is 10.8. The maximum Gasteiger partial charge on any atom is 0.330 e. The molecule has 0 saturated heterocycles. The van der Waals surface area contributed by atoms with Crippen LogP contribution in [0.5, 0.6) is 0 Å². The number of carbonyl (C=O) groups excluding carboxylic acids is 2. The molecule has 0 aromatic rings. The van der Waals surface area contributed by atoms with Gasteiger partial charge in [0.1, 0.15) is 12.4 Å². The van der Waals surface area contributed by atoms with Crippen LogP contribution in [-0.4, -0.2) is 55.1 Å². The van der Waals surface area contributed by atoms with Crippen molar-refractivity contribution >= 4 is 11.8 Å². The highest BCUT2D eigenvalue weighted by Gasteiger charge is 2.61. The van der Waals surface area contributed by atoms with Crippen LogP contribution in [0.25, 0.3) is 0 Å². The number of allylic oxidation sites excluding steroid dienone is 1. The minimum absolute atomic E-state index is 0.0168. The van der Waals surface area contributed by atoms with Crippen molar-refractivity contribution in [3.63, 3.8) is 0 Å². The highest BCUT2D eigenvalue weighted by Crippen LogP contribution is 2.63. The van der Waals surface area contributed by atoms with E-state index in [4.69, 9.17) is 4.74 Å². The normalized spacial score (nSPS) is 40.5. The molecule has 29 heavy (non-hydrogen) atoms. The molecule has 0 heterocycles. The molecule has 0 bridgehead atoms. The number of hydrogen-bond donors (Lipinski definition) is 1. The smallest absolute Gasteiger partial charge is 0.330 e. The minimum Gasteiger partial charge on any atom is -0.461 e. The first-order chi connectivity index (χ1) is 13.5. The number of ketones is 1. The van der Waals surface area contributed by atoms with Gasteiger partial charge in [0, 0.05) is 25.0 Å². The van der Waals surface area contributed by atoms with Crippen molar-refractivity contribution in [2.75, 3.05) is 27.2 Å². The molecule has 3 fully saturated rings. The zero-order chi connectivity index (χ0) is 21.6. The average molecular weight is 406 g/mol. The van der Waals surface area contributed by atoms with Crippen molar-refractivity contribution in [1.82, 2.24) is 4.90 Å². The van der Waals surface area contributed by atoms with E-state index < -0.39 is 0 Å². The summed E-state index contributed by atoms with van der Waals surface area (Å²) in [7, 11) is 3.90. The van der Waals surface area contributed by atoms with Gasteiger partial charge in [-0.3, -0.25) is 4.79 Å². The van der Waals surface area contributed by atoms with Gasteiger partial charge in [0.15, 0.2) is 0 Å². The molecule has 1 N–H and O–H groups in total. The molecule has 3 aliphatic rings. The van der Waals surface area contributed by atoms with E-state index in [0.717, 1.165) is 31.3 Å². The molecule has 6 unspecified atom stereocenters. The summed E-state index contributed by atoms with van der Waals surface area (Å²) in [6.07, 6.45) is 5.44. The first kappa shape index (κ1) is 22.5. The third kappa shape index (κ3) is 4.05. The van der Waals surface area contributed by atoms with Gasteiger partial charge in [0.2, 0.25) is 0 Å². The Morgan fingerprint density at radius 2 is 1.97 bits per heavy atom. The fourth-order valence-corrected chi connectivity index (χ4v) is 6.63. The Morgan fingerprint density at radius 1 is 1.28 bits per heavy atom. The summed E-state index contributed by atoms with van der Waals surface area (Å²) in [6, 6.07) is 0. The fraction of sp³-hybridized carbons (Fsp3) is 0.833. The number of aliphatic hydroxyl groups excluding tert-OH is 1. The standard InChI is InChI=1S/C24H39NO4/c1-15-16(13-21(28)29-12-11-25(5)6)7-8-17-22(15)18(26)14-19-23(2,3)20(27)9-10-24(17,19)4/h13,15,17,19-20,22,27H,7-12,14H2,1-6H3/b16-13+. The van der Waals surface area contributed by atoms with Gasteiger partial charge in [0.25, 0.3) is 0 Å². The molecule has 0 radical (unpaired) electrons. The molecule has 3 rings (SSSR count). The van der Waals surface area contributed by atoms with Crippen LogP contribution in [-0.2, 0) is 14.3 Å². The van der Waals surface area contributed by atoms with Crippen molar-refractivity contribution in [3.05, 3.63) is 11.6 Å². The van der Waals surface area contributed by atoms with Crippen LogP contribution in [0.4, 0.5) is 0 Å². The van der Waals surface area contributed by atoms with Crippen molar-refractivity contribution < 1.29 is 19.4 Å². The molecule has 0 aliphatic heterocycles. The van der Waals surface area contributed by atoms with E-state index in [1.54, 1.807) is 6.08 Å². The Bertz CT molecular complexity index is 682. The Kier molecular flexibility index (Phi) is 6.31. The van der Waals surface area contributed by atoms with E-state index in [9.17, 15) is 14.7 Å². The number of aliphatic hydroxyl groups is 1. The van der Waals surface area contributed by atoms with Gasteiger partial charge in [-0.05, 0) is 68.4 Å². The molecule has 3 aliphatic carbocycles. The lowest BCUT2D eigenvalue weighted by atomic mass is 9.42. The largest absolute Gasteiger partial charge is 0.461 e. The second kappa shape index (κ2) is 8.14. The van der Waals surface area contributed by atoms with E-state index in [2.05, 4.69) is 27.7 Å². The van der Waals surface area contributed by atoms with Crippen molar-refractivity contribution in [2.45, 2.75) is 65.9 Å². The van der Waals surface area contributed by atoms with Gasteiger partial charge in [-0.1, -0.05) is 33.3 Å². The van der Waals surface area contributed by atoms with Crippen LogP contribution in [0.3, 0.4) is 0 Å². The van der Waals surface area contributed by atoms with Crippen molar-refractivity contribution in [2.24, 2.45) is 34.5 Å². The van der Waals surface area contributed by atoms with Gasteiger partial charge in [-0.15, -0.1) is 0 Å². The summed E-state index contributed by atoms with van der Waals surface area (Å²) in [5, 5.41) is 10.6. The number of fused-ring (bicyclic) bond motifs is 3. The molecule has 164 valence electrons. The summed E-state index contributed by atoms with van der Waals surface area (Å²) in [5.41, 5.74) is 0.905. The van der Waals surface area contributed by atoms with Gasteiger partial charge in [-0.25, -0.2) is 4.79 Å². The Morgan fingerprint density at radius 3 is 2.62 bits per heavy atom. The molecule has 5 heteroatoms. The minimum atomic E-state index is -0.335. The predicted molar refractivity (Wildman–Crippen MR) is 113 cm³/mol. The molecular formula is C24H39NO4. The quantitative estimate of drug-likeness (QED) is 0.573. The third-order valence-corrected chi connectivity index (χ3v) is 8.52. The number of nitrogens with zero attached hydrogens (tertiary/aromatic N) is 1. The zero-order valence-corrected chi connectivity index (χ0v) is 19.0. The Labute approximate surface area is 175 Å². The number of likely N-dealkylation sites (N-methyl/N-ethyl adjacent to an activating group) is 1. The van der Waals surface area contributed by atoms with Crippen LogP contribution < -0.4 is 0 Å². The lowest BCUT2D eigenvalue weighted by Crippen LogP contribution is -2.60. The predicted octanol–water partition coefficient (Wildman–Crippen LogP) is 3.46. The first-order valence-corrected chi connectivity index (χ1v) is 11.2. The Balaban J connectivity index is 1.78. The number of hydrogen-bond acceptors (Lipinski definition) is 5. The first-order valence-electron chi connectivity index (χ1n) is 11.2. The highest BCUT2D eigenvalue weighted by molar-refractivity contribution is 5.86. The molecule has 6 atom stereocenters. The van der Waals surface area contributed by atoms with Gasteiger partial charge < -0.3 is 14.7 Å². The topological polar surface area (TPSA) is 66.8 Å².